The summed E-state index contributed by atoms with van der Waals surface area (Å²) in [5.74, 6) is -1.53. The lowest BCUT2D eigenvalue weighted by Gasteiger charge is -2.21. The van der Waals surface area contributed by atoms with E-state index in [-0.39, 0.29) is 76.6 Å². The van der Waals surface area contributed by atoms with Gasteiger partial charge in [0.25, 0.3) is 0 Å². The lowest BCUT2D eigenvalue weighted by atomic mass is 9.83. The molecule has 0 radical (unpaired) electrons. The number of carboxylic acids is 1. The number of rotatable bonds is 16. The van der Waals surface area contributed by atoms with Crippen molar-refractivity contribution in [1.29, 1.82) is 0 Å². The molecular formula is C46H71ClO9. The lowest BCUT2D eigenvalue weighted by molar-refractivity contribution is -0.150. The molecular weight excluding hydrogens is 732 g/mol. The summed E-state index contributed by atoms with van der Waals surface area (Å²) in [4.78, 5) is 69.0. The molecule has 9 nitrogen and oxygen atoms in total. The van der Waals surface area contributed by atoms with Crippen molar-refractivity contribution in [1.82, 2.24) is 0 Å². The van der Waals surface area contributed by atoms with Gasteiger partial charge in [-0.2, -0.15) is 0 Å². The second kappa shape index (κ2) is 27.7. The zero-order valence-electron chi connectivity index (χ0n) is 36.6. The maximum atomic E-state index is 12.3. The van der Waals surface area contributed by atoms with Crippen molar-refractivity contribution in [2.45, 2.75) is 123 Å². The summed E-state index contributed by atoms with van der Waals surface area (Å²) in [5, 5.41) is 8.07. The van der Waals surface area contributed by atoms with Gasteiger partial charge in [-0.1, -0.05) is 144 Å². The first-order valence-electron chi connectivity index (χ1n) is 19.7. The third-order valence-corrected chi connectivity index (χ3v) is 9.66. The van der Waals surface area contributed by atoms with E-state index in [1.165, 1.54) is 0 Å². The SMILES string of the molecule is CC(C)(C)C(=O)Cl.CC(C)[C@H](C)C(=O)O.CCOC(=O)[C@@H](CC(=O)C(C)(C)C)Cc1ccccc1.CCOC(=O)[C@@H](CC(=O)[C@@H](C)C(C)C)Cc1ccccc1. The number of aliphatic carboxylic acids is 1. The molecule has 2 aromatic carbocycles. The average molecular weight is 804 g/mol. The standard InChI is InChI=1S/C18H26O3.C17H24O3.C6H12O2.C5H9ClO/c1-5-21-18(20)16(11-15-9-7-6-8-10-15)12-17(19)14(4)13(2)3;1-5-20-16(19)14(12-15(18)17(2,3)4)11-13-9-7-6-8-10-13;1-4(2)5(3)6(7)8;1-5(2,3)4(6)7/h6-10,13-14,16H,5,11-12H2,1-4H3;6-10,14H,5,11-12H2,1-4H3;4-5H,1-3H3,(H,7,8);1-3H3/t14-,16+;14-;5-;/m010./s1. The zero-order valence-corrected chi connectivity index (χ0v) is 37.3. The van der Waals surface area contributed by atoms with Crippen molar-refractivity contribution in [3.05, 3.63) is 71.8 Å². The van der Waals surface area contributed by atoms with Gasteiger partial charge in [0.05, 0.1) is 31.0 Å². The Labute approximate surface area is 342 Å². The maximum Gasteiger partial charge on any atom is 0.309 e. The molecule has 0 aliphatic carbocycles. The molecule has 4 atom stereocenters. The number of hydrogen-bond donors (Lipinski definition) is 1. The minimum absolute atomic E-state index is 0.0299. The maximum absolute atomic E-state index is 12.3. The lowest BCUT2D eigenvalue weighted by Crippen LogP contribution is -2.28. The molecule has 56 heavy (non-hydrogen) atoms. The largest absolute Gasteiger partial charge is 0.481 e. The van der Waals surface area contributed by atoms with Crippen molar-refractivity contribution in [2.75, 3.05) is 13.2 Å². The fourth-order valence-corrected chi connectivity index (χ4v) is 4.41. The molecule has 2 aromatic rings. The van der Waals surface area contributed by atoms with Gasteiger partial charge in [0, 0.05) is 29.6 Å². The van der Waals surface area contributed by atoms with Gasteiger partial charge in [-0.05, 0) is 61.3 Å². The zero-order chi connectivity index (χ0) is 43.8. The predicted octanol–water partition coefficient (Wildman–Crippen LogP) is 10.2. The van der Waals surface area contributed by atoms with Crippen LogP contribution in [0.15, 0.2) is 60.7 Å². The minimum atomic E-state index is -0.708. The van der Waals surface area contributed by atoms with Gasteiger partial charge in [-0.25, -0.2) is 0 Å². The van der Waals surface area contributed by atoms with Gasteiger partial charge >= 0.3 is 17.9 Å². The molecule has 0 fully saturated rings. The van der Waals surface area contributed by atoms with E-state index in [1.54, 1.807) is 41.5 Å². The molecule has 0 bridgehead atoms. The van der Waals surface area contributed by atoms with E-state index in [2.05, 4.69) is 0 Å². The number of benzene rings is 2. The van der Waals surface area contributed by atoms with Crippen molar-refractivity contribution in [3.8, 4) is 0 Å². The summed E-state index contributed by atoms with van der Waals surface area (Å²) in [7, 11) is 0. The number of ketones is 2. The van der Waals surface area contributed by atoms with Gasteiger partial charge in [-0.3, -0.25) is 28.8 Å². The second-order valence-corrected chi connectivity index (χ2v) is 17.1. The molecule has 0 unspecified atom stereocenters. The number of carboxylic acid groups (broad SMARTS) is 1. The van der Waals surface area contributed by atoms with E-state index < -0.39 is 17.3 Å². The normalized spacial score (nSPS) is 13.2. The van der Waals surface area contributed by atoms with Crippen LogP contribution in [0.4, 0.5) is 0 Å². The molecule has 2 rings (SSSR count). The third kappa shape index (κ3) is 24.6. The van der Waals surface area contributed by atoms with Crippen molar-refractivity contribution in [3.63, 3.8) is 0 Å². The highest BCUT2D eigenvalue weighted by molar-refractivity contribution is 6.64. The summed E-state index contributed by atoms with van der Waals surface area (Å²) < 4.78 is 10.2. The molecule has 1 N–H and O–H groups in total. The average Bonchev–Trinajstić information content (AvgIpc) is 3.11. The first kappa shape index (κ1) is 54.3. The number of esters is 2. The summed E-state index contributed by atoms with van der Waals surface area (Å²) in [5.41, 5.74) is 1.30. The molecule has 0 aliphatic heterocycles. The number of carbonyl (C=O) groups excluding carboxylic acids is 5. The highest BCUT2D eigenvalue weighted by Crippen LogP contribution is 2.24. The monoisotopic (exact) mass is 802 g/mol. The first-order valence-corrected chi connectivity index (χ1v) is 20.1. The Hall–Kier alpha value is -3.85. The molecule has 0 spiro atoms. The summed E-state index contributed by atoms with van der Waals surface area (Å²) in [6.07, 6.45) is 1.59. The third-order valence-electron chi connectivity index (χ3n) is 9.09. The number of hydrogen-bond acceptors (Lipinski definition) is 8. The van der Waals surface area contributed by atoms with E-state index in [1.807, 2.05) is 116 Å². The molecule has 0 saturated carbocycles. The highest BCUT2D eigenvalue weighted by atomic mass is 35.5. The minimum Gasteiger partial charge on any atom is -0.481 e. The molecule has 0 amide bonds. The summed E-state index contributed by atoms with van der Waals surface area (Å²) in [6.45, 7) is 26.7. The van der Waals surface area contributed by atoms with E-state index in [4.69, 9.17) is 26.2 Å². The van der Waals surface area contributed by atoms with E-state index in [0.29, 0.717) is 26.1 Å². The van der Waals surface area contributed by atoms with Crippen LogP contribution in [0.5, 0.6) is 0 Å². The summed E-state index contributed by atoms with van der Waals surface area (Å²) >= 11 is 5.11. The van der Waals surface area contributed by atoms with Crippen LogP contribution in [0.2, 0.25) is 0 Å². The Kier molecular flexibility index (Phi) is 26.8. The number of halogens is 1. The second-order valence-electron chi connectivity index (χ2n) is 16.8. The number of ether oxygens (including phenoxy) is 2. The smallest absolute Gasteiger partial charge is 0.309 e. The van der Waals surface area contributed by atoms with Gasteiger partial charge < -0.3 is 14.6 Å². The predicted molar refractivity (Wildman–Crippen MR) is 225 cm³/mol. The highest BCUT2D eigenvalue weighted by Gasteiger charge is 2.30. The van der Waals surface area contributed by atoms with Crippen molar-refractivity contribution < 1.29 is 43.3 Å². The Morgan fingerprint density at radius 3 is 1.18 bits per heavy atom. The van der Waals surface area contributed by atoms with Gasteiger partial charge in [0.2, 0.25) is 5.24 Å². The topological polar surface area (TPSA) is 141 Å². The van der Waals surface area contributed by atoms with Crippen LogP contribution >= 0.6 is 11.6 Å². The van der Waals surface area contributed by atoms with Crippen LogP contribution in [-0.4, -0.2) is 53.0 Å². The summed E-state index contributed by atoms with van der Waals surface area (Å²) in [6, 6.07) is 19.5. The van der Waals surface area contributed by atoms with Crippen LogP contribution in [0, 0.1) is 46.3 Å². The van der Waals surface area contributed by atoms with Crippen LogP contribution in [0.3, 0.4) is 0 Å². The van der Waals surface area contributed by atoms with Crippen LogP contribution in [-0.2, 0) is 51.1 Å². The van der Waals surface area contributed by atoms with E-state index in [0.717, 1.165) is 11.1 Å². The van der Waals surface area contributed by atoms with Crippen molar-refractivity contribution >= 4 is 46.3 Å². The molecule has 0 saturated heterocycles. The van der Waals surface area contributed by atoms with Crippen LogP contribution in [0.1, 0.15) is 121 Å². The number of carbonyl (C=O) groups is 6. The van der Waals surface area contributed by atoms with Gasteiger partial charge in [0.15, 0.2) is 0 Å². The van der Waals surface area contributed by atoms with Gasteiger partial charge in [-0.15, -0.1) is 0 Å². The van der Waals surface area contributed by atoms with Crippen LogP contribution in [0.25, 0.3) is 0 Å². The Balaban J connectivity index is 0. The molecule has 0 aliphatic rings. The molecule has 0 heterocycles. The quantitative estimate of drug-likeness (QED) is 0.130. The Bertz CT molecular complexity index is 1450. The molecule has 316 valence electrons. The van der Waals surface area contributed by atoms with E-state index in [9.17, 15) is 28.8 Å². The van der Waals surface area contributed by atoms with Crippen LogP contribution < -0.4 is 0 Å². The van der Waals surface area contributed by atoms with Gasteiger partial charge in [0.1, 0.15) is 11.6 Å². The Morgan fingerprint density at radius 2 is 0.929 bits per heavy atom. The fraction of sp³-hybridized carbons (Fsp3) is 0.609. The fourth-order valence-electron chi connectivity index (χ4n) is 4.41. The Morgan fingerprint density at radius 1 is 0.589 bits per heavy atom. The van der Waals surface area contributed by atoms with E-state index >= 15 is 0 Å². The first-order chi connectivity index (χ1) is 25.8. The van der Waals surface area contributed by atoms with Crippen molar-refractivity contribution in [2.24, 2.45) is 46.3 Å². The number of Topliss-reactive ketones (excluding diaryl/α,β-unsaturated/α-hetero) is 2. The molecule has 0 aromatic heterocycles. The molecule has 10 heteroatoms.